The van der Waals surface area contributed by atoms with Crippen molar-refractivity contribution in [3.05, 3.63) is 59.8 Å². The van der Waals surface area contributed by atoms with Gasteiger partial charge in [0.05, 0.1) is 17.0 Å². The van der Waals surface area contributed by atoms with Gasteiger partial charge < -0.3 is 14.8 Å². The molecular weight excluding hydrogens is 425 g/mol. The normalized spacial score (nSPS) is 16.2. The molecule has 0 saturated heterocycles. The van der Waals surface area contributed by atoms with Crippen molar-refractivity contribution < 1.29 is 22.6 Å². The van der Waals surface area contributed by atoms with Gasteiger partial charge in [0, 0.05) is 28.1 Å². The highest BCUT2D eigenvalue weighted by Gasteiger charge is 2.57. The third kappa shape index (κ3) is 3.89. The van der Waals surface area contributed by atoms with E-state index in [0.717, 1.165) is 28.4 Å². The Hall–Kier alpha value is -2.61. The maximum Gasteiger partial charge on any atom is 0.397 e. The van der Waals surface area contributed by atoms with Gasteiger partial charge >= 0.3 is 6.18 Å². The fourth-order valence-corrected chi connectivity index (χ4v) is 4.86. The first kappa shape index (κ1) is 21.6. The first-order valence-electron chi connectivity index (χ1n) is 9.81. The lowest BCUT2D eigenvalue weighted by Gasteiger charge is -2.40. The van der Waals surface area contributed by atoms with Crippen LogP contribution in [0.3, 0.4) is 0 Å². The van der Waals surface area contributed by atoms with Crippen LogP contribution in [-0.4, -0.2) is 30.0 Å². The summed E-state index contributed by atoms with van der Waals surface area (Å²) in [4.78, 5) is 4.51. The van der Waals surface area contributed by atoms with Crippen LogP contribution in [0.4, 0.5) is 18.9 Å². The molecule has 0 fully saturated rings. The lowest BCUT2D eigenvalue weighted by atomic mass is 9.78. The fraction of sp³-hybridized carbons (Fsp3) is 0.348. The molecule has 0 aliphatic carbocycles. The largest absolute Gasteiger partial charge is 0.454 e. The predicted octanol–water partition coefficient (Wildman–Crippen LogP) is 6.36. The van der Waals surface area contributed by atoms with Crippen LogP contribution in [0.5, 0.6) is 11.5 Å². The molecule has 2 aromatic carbocycles. The lowest BCUT2D eigenvalue weighted by molar-refractivity contribution is -0.215. The number of hydrogen-bond donors (Lipinski definition) is 1. The Labute approximate surface area is 183 Å². The number of hydrogen-bond acceptors (Lipinski definition) is 5. The second-order valence-electron chi connectivity index (χ2n) is 7.83. The number of alkyl halides is 3. The van der Waals surface area contributed by atoms with Crippen molar-refractivity contribution in [1.82, 2.24) is 4.98 Å². The molecule has 31 heavy (non-hydrogen) atoms. The van der Waals surface area contributed by atoms with Crippen molar-refractivity contribution in [2.45, 2.75) is 26.1 Å². The smallest absolute Gasteiger partial charge is 0.397 e. The SMILES string of the molecule is CSC[C@@](C)(C(Nc1cccc2nc(C)ccc12)c1cccc2c1OCO2)C(F)(F)F. The molecule has 0 bridgehead atoms. The molecule has 1 aliphatic heterocycles. The zero-order chi connectivity index (χ0) is 22.2. The summed E-state index contributed by atoms with van der Waals surface area (Å²) in [6, 6.07) is 13.1. The molecule has 3 aromatic rings. The average Bonchev–Trinajstić information content (AvgIpc) is 3.20. The third-order valence-corrected chi connectivity index (χ3v) is 6.53. The maximum absolute atomic E-state index is 14.5. The summed E-state index contributed by atoms with van der Waals surface area (Å²) >= 11 is 1.16. The predicted molar refractivity (Wildman–Crippen MR) is 118 cm³/mol. The minimum atomic E-state index is -4.46. The molecule has 1 aliphatic rings. The van der Waals surface area contributed by atoms with Crippen LogP contribution in [0.15, 0.2) is 48.5 Å². The Kier molecular flexibility index (Phi) is 5.68. The molecule has 1 unspecified atom stereocenters. The first-order valence-corrected chi connectivity index (χ1v) is 11.2. The van der Waals surface area contributed by atoms with E-state index in [1.165, 1.54) is 6.92 Å². The number of fused-ring (bicyclic) bond motifs is 2. The van der Waals surface area contributed by atoms with Crippen LogP contribution < -0.4 is 14.8 Å². The molecule has 1 aromatic heterocycles. The van der Waals surface area contributed by atoms with Gasteiger partial charge in [-0.3, -0.25) is 4.98 Å². The number of para-hydroxylation sites is 1. The molecule has 8 heteroatoms. The van der Waals surface area contributed by atoms with Crippen LogP contribution >= 0.6 is 11.8 Å². The second kappa shape index (κ2) is 8.15. The van der Waals surface area contributed by atoms with E-state index in [9.17, 15) is 13.2 Å². The number of ether oxygens (including phenoxy) is 2. The maximum atomic E-state index is 14.5. The number of halogens is 3. The zero-order valence-electron chi connectivity index (χ0n) is 17.4. The molecule has 0 saturated carbocycles. The number of thioether (sulfide) groups is 1. The number of rotatable bonds is 6. The molecule has 4 rings (SSSR count). The summed E-state index contributed by atoms with van der Waals surface area (Å²) in [5.41, 5.74) is 0.493. The number of benzene rings is 2. The van der Waals surface area contributed by atoms with E-state index in [2.05, 4.69) is 10.3 Å². The molecule has 0 amide bonds. The monoisotopic (exact) mass is 448 g/mol. The number of nitrogens with one attached hydrogen (secondary N) is 1. The Balaban J connectivity index is 1.89. The molecule has 164 valence electrons. The topological polar surface area (TPSA) is 43.4 Å². The van der Waals surface area contributed by atoms with Gasteiger partial charge in [0.25, 0.3) is 0 Å². The summed E-state index contributed by atoms with van der Waals surface area (Å²) in [5.74, 6) is 0.680. The number of nitrogens with zero attached hydrogens (tertiary/aromatic N) is 1. The van der Waals surface area contributed by atoms with Crippen LogP contribution in [0, 0.1) is 12.3 Å². The first-order chi connectivity index (χ1) is 14.7. The van der Waals surface area contributed by atoms with Crippen molar-refractivity contribution >= 4 is 28.4 Å². The zero-order valence-corrected chi connectivity index (χ0v) is 18.2. The van der Waals surface area contributed by atoms with E-state index < -0.39 is 17.6 Å². The van der Waals surface area contributed by atoms with Crippen molar-refractivity contribution in [3.8, 4) is 11.5 Å². The molecule has 2 heterocycles. The van der Waals surface area contributed by atoms with Gasteiger partial charge in [0.1, 0.15) is 0 Å². The Morgan fingerprint density at radius 3 is 2.61 bits per heavy atom. The minimum Gasteiger partial charge on any atom is -0.454 e. The Morgan fingerprint density at radius 1 is 1.10 bits per heavy atom. The molecule has 4 nitrogen and oxygen atoms in total. The standard InChI is InChI=1S/C23H23F3N2O2S/c1-14-10-11-15-17(27-14)7-5-8-18(15)28-21(22(2,12-31-3)23(24,25)26)16-6-4-9-19-20(16)30-13-29-19/h4-11,21,28H,12-13H2,1-3H3/t21?,22-/m0/s1. The summed E-state index contributed by atoms with van der Waals surface area (Å²) in [6.07, 6.45) is -2.78. The van der Waals surface area contributed by atoms with Crippen molar-refractivity contribution in [1.29, 1.82) is 0 Å². The van der Waals surface area contributed by atoms with Crippen molar-refractivity contribution in [2.24, 2.45) is 5.41 Å². The van der Waals surface area contributed by atoms with Gasteiger partial charge in [0.2, 0.25) is 6.79 Å². The quantitative estimate of drug-likeness (QED) is 0.476. The van der Waals surface area contributed by atoms with Gasteiger partial charge in [-0.2, -0.15) is 24.9 Å². The van der Waals surface area contributed by atoms with Gasteiger partial charge in [-0.25, -0.2) is 0 Å². The van der Waals surface area contributed by atoms with Crippen molar-refractivity contribution in [2.75, 3.05) is 24.1 Å². The van der Waals surface area contributed by atoms with Gasteiger partial charge in [-0.1, -0.05) is 18.2 Å². The van der Waals surface area contributed by atoms with Crippen LogP contribution in [0.1, 0.15) is 24.2 Å². The van der Waals surface area contributed by atoms with E-state index >= 15 is 0 Å². The van der Waals surface area contributed by atoms with E-state index in [1.807, 2.05) is 25.1 Å². The number of anilines is 1. The minimum absolute atomic E-state index is 0.0121. The van der Waals surface area contributed by atoms with E-state index in [4.69, 9.17) is 9.47 Å². The van der Waals surface area contributed by atoms with Gasteiger partial charge in [-0.15, -0.1) is 0 Å². The number of pyridine rings is 1. The Bertz CT molecular complexity index is 1110. The average molecular weight is 449 g/mol. The second-order valence-corrected chi connectivity index (χ2v) is 8.70. The van der Waals surface area contributed by atoms with E-state index in [-0.39, 0.29) is 12.5 Å². The molecular formula is C23H23F3N2O2S. The van der Waals surface area contributed by atoms with Crippen LogP contribution in [-0.2, 0) is 0 Å². The number of aromatic nitrogens is 1. The lowest BCUT2D eigenvalue weighted by Crippen LogP contribution is -2.45. The highest BCUT2D eigenvalue weighted by atomic mass is 32.2. The fourth-order valence-electron chi connectivity index (χ4n) is 3.93. The summed E-state index contributed by atoms with van der Waals surface area (Å²) in [5, 5.41) is 3.97. The molecule has 1 N–H and O–H groups in total. The molecule has 0 spiro atoms. The van der Waals surface area contributed by atoms with Gasteiger partial charge in [0.15, 0.2) is 11.5 Å². The highest BCUT2D eigenvalue weighted by Crippen LogP contribution is 2.53. The van der Waals surface area contributed by atoms with Crippen molar-refractivity contribution in [3.63, 3.8) is 0 Å². The van der Waals surface area contributed by atoms with Gasteiger partial charge in [-0.05, 0) is 50.4 Å². The molecule has 2 atom stereocenters. The van der Waals surface area contributed by atoms with E-state index in [0.29, 0.717) is 22.7 Å². The summed E-state index contributed by atoms with van der Waals surface area (Å²) < 4.78 is 54.6. The highest BCUT2D eigenvalue weighted by molar-refractivity contribution is 7.98. The van der Waals surface area contributed by atoms with Crippen LogP contribution in [0.2, 0.25) is 0 Å². The summed E-state index contributed by atoms with van der Waals surface area (Å²) in [7, 11) is 0. The molecule has 0 radical (unpaired) electrons. The Morgan fingerprint density at radius 2 is 1.87 bits per heavy atom. The number of aryl methyl sites for hydroxylation is 1. The van der Waals surface area contributed by atoms with E-state index in [1.54, 1.807) is 36.6 Å². The third-order valence-electron chi connectivity index (χ3n) is 5.64. The summed E-state index contributed by atoms with van der Waals surface area (Å²) in [6.45, 7) is 3.12. The van der Waals surface area contributed by atoms with Crippen LogP contribution in [0.25, 0.3) is 10.9 Å².